The molecule has 0 aliphatic rings. The summed E-state index contributed by atoms with van der Waals surface area (Å²) in [7, 11) is 0. The van der Waals surface area contributed by atoms with E-state index in [0.29, 0.717) is 5.56 Å². The molecule has 321 valence electrons. The Kier molecular flexibility index (Phi) is 11.6. The average molecular weight is 1020 g/mol. The summed E-state index contributed by atoms with van der Waals surface area (Å²) in [6.45, 7) is 13.0. The molecule has 0 aliphatic carbocycles. The van der Waals surface area contributed by atoms with Crippen LogP contribution in [-0.2, 0) is 25.5 Å². The number of furan rings is 1. The smallest absolute Gasteiger partial charge is 0.121 e. The van der Waals surface area contributed by atoms with E-state index in [1.807, 2.05) is 63.2 Å². The van der Waals surface area contributed by atoms with Crippen molar-refractivity contribution < 1.29 is 28.6 Å². The van der Waals surface area contributed by atoms with Crippen molar-refractivity contribution in [2.75, 3.05) is 0 Å². The van der Waals surface area contributed by atoms with Crippen molar-refractivity contribution in [3.8, 4) is 50.6 Å². The maximum atomic E-state index is 7.65. The van der Waals surface area contributed by atoms with Crippen LogP contribution in [0.15, 0.2) is 168 Å². The molecule has 10 aromatic rings. The van der Waals surface area contributed by atoms with E-state index in [0.717, 1.165) is 66.7 Å². The standard InChI is InChI=1S/C43H35N2O.C16H18N.Ir/c1-27(2)36-24-32(30-16-9-6-10-17-30)25-37(28(3)4)41(36)45-39-21-12-11-20-38(39)44-43(45)35-19-13-18-34-33-23-22-31(26-40(33)46-42(34)35)29-14-7-5-8-15-29;1-12-11-17-15(10-14(12)16(2,3)4)13-8-6-5-7-9-13;/h5-18,20-28H,1-4H3;5-8,10-11H,1-4H3;/q2*-1;/i;1D3;. The Labute approximate surface area is 395 Å². The molecular formula is C59H53IrN3O-2. The Morgan fingerprint density at radius 1 is 0.641 bits per heavy atom. The molecule has 10 rings (SSSR count). The summed E-state index contributed by atoms with van der Waals surface area (Å²) < 4.78 is 32.1. The SMILES string of the molecule is CC(C)c1cc(-c2ccccc2)cc(C(C)C)c1-n1c(-c2[c-]ccc3c2oc2cc(-c4ccccc4)ccc23)nc2ccccc21.[2H]C([2H])([2H])c1cnc(-c2[c-]cccc2)cc1C(C)(C)C.[Ir]. The zero-order chi connectivity index (χ0) is 46.3. The molecule has 0 fully saturated rings. The van der Waals surface area contributed by atoms with Gasteiger partial charge < -0.3 is 14.0 Å². The summed E-state index contributed by atoms with van der Waals surface area (Å²) in [5, 5.41) is 2.15. The number of nitrogens with zero attached hydrogens (tertiary/aromatic N) is 3. The van der Waals surface area contributed by atoms with Gasteiger partial charge in [-0.2, -0.15) is 0 Å². The van der Waals surface area contributed by atoms with Gasteiger partial charge in [0.2, 0.25) is 0 Å². The van der Waals surface area contributed by atoms with Crippen LogP contribution in [0.3, 0.4) is 0 Å². The minimum Gasteiger partial charge on any atom is -0.501 e. The molecule has 3 heterocycles. The predicted molar refractivity (Wildman–Crippen MR) is 264 cm³/mol. The van der Waals surface area contributed by atoms with Crippen molar-refractivity contribution >= 4 is 33.0 Å². The molecule has 0 bridgehead atoms. The van der Waals surface area contributed by atoms with E-state index >= 15 is 0 Å². The van der Waals surface area contributed by atoms with Crippen LogP contribution in [0.2, 0.25) is 0 Å². The first-order valence-corrected chi connectivity index (χ1v) is 21.8. The number of aromatic nitrogens is 3. The van der Waals surface area contributed by atoms with E-state index in [9.17, 15) is 0 Å². The Morgan fingerprint density at radius 3 is 1.94 bits per heavy atom. The van der Waals surface area contributed by atoms with E-state index in [1.165, 1.54) is 39.7 Å². The molecule has 0 atom stereocenters. The topological polar surface area (TPSA) is 43.9 Å². The molecule has 0 N–H and O–H groups in total. The van der Waals surface area contributed by atoms with Crippen molar-refractivity contribution in [1.29, 1.82) is 0 Å². The second-order valence-electron chi connectivity index (χ2n) is 17.9. The molecule has 0 amide bonds. The molecule has 1 radical (unpaired) electrons. The first kappa shape index (κ1) is 40.4. The molecule has 5 heteroatoms. The maximum absolute atomic E-state index is 7.65. The van der Waals surface area contributed by atoms with Crippen molar-refractivity contribution in [2.45, 2.75) is 72.6 Å². The maximum Gasteiger partial charge on any atom is 0.121 e. The molecule has 0 aliphatic heterocycles. The number of imidazole rings is 1. The number of hydrogen-bond donors (Lipinski definition) is 0. The third-order valence-corrected chi connectivity index (χ3v) is 11.8. The van der Waals surface area contributed by atoms with Crippen LogP contribution in [0, 0.1) is 19.0 Å². The van der Waals surface area contributed by atoms with Crippen LogP contribution in [0.25, 0.3) is 83.6 Å². The van der Waals surface area contributed by atoms with Crippen LogP contribution in [0.5, 0.6) is 0 Å². The number of fused-ring (bicyclic) bond motifs is 4. The Morgan fingerprint density at radius 2 is 1.30 bits per heavy atom. The third-order valence-electron chi connectivity index (χ3n) is 11.8. The Balaban J connectivity index is 0.000000244. The summed E-state index contributed by atoms with van der Waals surface area (Å²) in [5.41, 5.74) is 15.6. The van der Waals surface area contributed by atoms with Gasteiger partial charge in [0.05, 0.1) is 22.4 Å². The van der Waals surface area contributed by atoms with E-state index in [-0.39, 0.29) is 37.4 Å². The first-order chi connectivity index (χ1) is 31.7. The fourth-order valence-electron chi connectivity index (χ4n) is 8.53. The largest absolute Gasteiger partial charge is 0.501 e. The average Bonchev–Trinajstić information content (AvgIpc) is 3.90. The van der Waals surface area contributed by atoms with Gasteiger partial charge in [-0.1, -0.05) is 150 Å². The fourth-order valence-corrected chi connectivity index (χ4v) is 8.53. The number of hydrogen-bond acceptors (Lipinski definition) is 3. The molecule has 0 spiro atoms. The summed E-state index contributed by atoms with van der Waals surface area (Å²) in [4.78, 5) is 9.60. The molecular weight excluding hydrogens is 959 g/mol. The van der Waals surface area contributed by atoms with Gasteiger partial charge in [0.15, 0.2) is 0 Å². The quantitative estimate of drug-likeness (QED) is 0.149. The van der Waals surface area contributed by atoms with Gasteiger partial charge in [0.25, 0.3) is 0 Å². The minimum atomic E-state index is -2.14. The van der Waals surface area contributed by atoms with Crippen LogP contribution >= 0.6 is 0 Å². The molecule has 0 saturated heterocycles. The van der Waals surface area contributed by atoms with E-state index in [1.54, 1.807) is 0 Å². The molecule has 4 nitrogen and oxygen atoms in total. The predicted octanol–water partition coefficient (Wildman–Crippen LogP) is 16.1. The van der Waals surface area contributed by atoms with Gasteiger partial charge in [0.1, 0.15) is 5.58 Å². The molecule has 7 aromatic carbocycles. The van der Waals surface area contributed by atoms with Crippen molar-refractivity contribution in [3.05, 3.63) is 198 Å². The monoisotopic (exact) mass is 1020 g/mol. The van der Waals surface area contributed by atoms with Gasteiger partial charge in [0, 0.05) is 41.5 Å². The molecule has 0 saturated carbocycles. The number of pyridine rings is 1. The summed E-state index contributed by atoms with van der Waals surface area (Å²) in [5.74, 6) is 1.41. The Hall–Kier alpha value is -6.39. The van der Waals surface area contributed by atoms with Gasteiger partial charge in [-0.25, -0.2) is 0 Å². The van der Waals surface area contributed by atoms with E-state index in [4.69, 9.17) is 13.5 Å². The van der Waals surface area contributed by atoms with Gasteiger partial charge in [-0.05, 0) is 105 Å². The molecule has 3 aromatic heterocycles. The Bertz CT molecular complexity index is 3300. The summed E-state index contributed by atoms with van der Waals surface area (Å²) in [6.07, 6.45) is 1.48. The van der Waals surface area contributed by atoms with Crippen LogP contribution < -0.4 is 0 Å². The van der Waals surface area contributed by atoms with Crippen molar-refractivity contribution in [2.24, 2.45) is 0 Å². The summed E-state index contributed by atoms with van der Waals surface area (Å²) >= 11 is 0. The number of aryl methyl sites for hydroxylation is 1. The first-order valence-electron chi connectivity index (χ1n) is 23.3. The van der Waals surface area contributed by atoms with Gasteiger partial charge >= 0.3 is 0 Å². The zero-order valence-corrected chi connectivity index (χ0v) is 39.7. The minimum absolute atomic E-state index is 0. The van der Waals surface area contributed by atoms with E-state index in [2.05, 4.69) is 165 Å². The fraction of sp³-hybridized carbons (Fsp3) is 0.186. The second kappa shape index (κ2) is 18.4. The van der Waals surface area contributed by atoms with Crippen molar-refractivity contribution in [3.63, 3.8) is 0 Å². The number of rotatable bonds is 7. The normalized spacial score (nSPS) is 12.5. The van der Waals surface area contributed by atoms with Crippen LogP contribution in [-0.4, -0.2) is 14.5 Å². The van der Waals surface area contributed by atoms with Crippen LogP contribution in [0.4, 0.5) is 0 Å². The van der Waals surface area contributed by atoms with Crippen LogP contribution in [0.1, 0.15) is 86.7 Å². The number of benzene rings is 7. The molecule has 0 unspecified atom stereocenters. The third kappa shape index (κ3) is 8.63. The second-order valence-corrected chi connectivity index (χ2v) is 17.9. The van der Waals surface area contributed by atoms with E-state index < -0.39 is 6.85 Å². The molecule has 64 heavy (non-hydrogen) atoms. The van der Waals surface area contributed by atoms with Gasteiger partial charge in [-0.15, -0.1) is 54.1 Å². The number of para-hydroxylation sites is 2. The van der Waals surface area contributed by atoms with Gasteiger partial charge in [-0.3, -0.25) is 4.98 Å². The van der Waals surface area contributed by atoms with Crippen molar-refractivity contribution in [1.82, 2.24) is 14.5 Å². The summed E-state index contributed by atoms with van der Waals surface area (Å²) in [6, 6.07) is 61.0. The zero-order valence-electron chi connectivity index (χ0n) is 40.3.